The van der Waals surface area contributed by atoms with Crippen LogP contribution >= 0.6 is 0 Å². The molecule has 0 fully saturated rings. The van der Waals surface area contributed by atoms with Gasteiger partial charge in [-0.15, -0.1) is 0 Å². The highest BCUT2D eigenvalue weighted by molar-refractivity contribution is 5.83. The van der Waals surface area contributed by atoms with Crippen molar-refractivity contribution in [3.8, 4) is 5.75 Å². The van der Waals surface area contributed by atoms with Gasteiger partial charge in [0.1, 0.15) is 5.75 Å². The minimum atomic E-state index is 0.0106. The van der Waals surface area contributed by atoms with Gasteiger partial charge in [-0.1, -0.05) is 42.5 Å². The van der Waals surface area contributed by atoms with Crippen molar-refractivity contribution in [2.24, 2.45) is 0 Å². The molecule has 1 atom stereocenters. The second-order valence-corrected chi connectivity index (χ2v) is 7.94. The molecule has 2 N–H and O–H groups in total. The zero-order valence-electron chi connectivity index (χ0n) is 16.9. The Morgan fingerprint density at radius 2 is 1.79 bits per heavy atom. The smallest absolute Gasteiger partial charge is 0.319 e. The van der Waals surface area contributed by atoms with E-state index in [0.717, 1.165) is 17.5 Å². The molecule has 3 aromatic carbocycles. The molecule has 1 heterocycles. The van der Waals surface area contributed by atoms with E-state index < -0.39 is 0 Å². The molecular weight excluding hydrogens is 362 g/mol. The Morgan fingerprint density at radius 3 is 2.62 bits per heavy atom. The Morgan fingerprint density at radius 1 is 1.00 bits per heavy atom. The van der Waals surface area contributed by atoms with E-state index in [2.05, 4.69) is 35.6 Å². The van der Waals surface area contributed by atoms with Gasteiger partial charge < -0.3 is 20.2 Å². The first-order valence-corrected chi connectivity index (χ1v) is 9.97. The quantitative estimate of drug-likeness (QED) is 0.715. The van der Waals surface area contributed by atoms with E-state index in [-0.39, 0.29) is 12.1 Å². The zero-order valence-corrected chi connectivity index (χ0v) is 16.9. The zero-order chi connectivity index (χ0) is 20.4. The van der Waals surface area contributed by atoms with Crippen molar-refractivity contribution in [1.29, 1.82) is 0 Å². The normalized spacial score (nSPS) is 15.7. The van der Waals surface area contributed by atoms with E-state index in [0.29, 0.717) is 25.4 Å². The van der Waals surface area contributed by atoms with Gasteiger partial charge in [-0.05, 0) is 52.1 Å². The summed E-state index contributed by atoms with van der Waals surface area (Å²) >= 11 is 0. The summed E-state index contributed by atoms with van der Waals surface area (Å²) in [5.74, 6) is 0.298. The van der Waals surface area contributed by atoms with Crippen LogP contribution in [0, 0.1) is 0 Å². The minimum Gasteiger partial charge on any atom is -0.508 e. The van der Waals surface area contributed by atoms with E-state index >= 15 is 0 Å². The Bertz CT molecular complexity index is 1030. The summed E-state index contributed by atoms with van der Waals surface area (Å²) in [6, 6.07) is 20.3. The summed E-state index contributed by atoms with van der Waals surface area (Å²) in [4.78, 5) is 16.4. The second kappa shape index (κ2) is 8.13. The molecule has 0 bridgehead atoms. The molecule has 1 aliphatic rings. The number of likely N-dealkylation sites (N-methyl/N-ethyl adjacent to an activating group) is 1. The Labute approximate surface area is 171 Å². The molecule has 3 aromatic rings. The molecule has 0 spiro atoms. The summed E-state index contributed by atoms with van der Waals surface area (Å²) in [6.07, 6.45) is 0.849. The molecule has 4 rings (SSSR count). The van der Waals surface area contributed by atoms with Crippen LogP contribution in [0.2, 0.25) is 0 Å². The largest absolute Gasteiger partial charge is 0.508 e. The lowest BCUT2D eigenvalue weighted by molar-refractivity contribution is 0.165. The average Bonchev–Trinajstić information content (AvgIpc) is 2.73. The summed E-state index contributed by atoms with van der Waals surface area (Å²) in [6.45, 7) is 1.93. The van der Waals surface area contributed by atoms with E-state index in [1.165, 1.54) is 16.3 Å². The van der Waals surface area contributed by atoms with Gasteiger partial charge >= 0.3 is 6.03 Å². The third-order valence-corrected chi connectivity index (χ3v) is 5.62. The molecule has 5 heteroatoms. The Balaban J connectivity index is 1.36. The first-order valence-electron chi connectivity index (χ1n) is 9.97. The number of phenols is 1. The number of nitrogens with one attached hydrogen (secondary N) is 1. The molecule has 150 valence electrons. The number of nitrogens with zero attached hydrogens (tertiary/aromatic N) is 2. The first kappa shape index (κ1) is 19.3. The number of carbonyl (C=O) groups is 1. The van der Waals surface area contributed by atoms with Crippen molar-refractivity contribution >= 4 is 16.8 Å². The van der Waals surface area contributed by atoms with Crippen molar-refractivity contribution < 1.29 is 9.90 Å². The van der Waals surface area contributed by atoms with Gasteiger partial charge in [-0.25, -0.2) is 4.79 Å². The van der Waals surface area contributed by atoms with Crippen molar-refractivity contribution in [3.63, 3.8) is 0 Å². The van der Waals surface area contributed by atoms with E-state index in [1.54, 1.807) is 15.9 Å². The third-order valence-electron chi connectivity index (χ3n) is 5.62. The van der Waals surface area contributed by atoms with E-state index in [9.17, 15) is 9.90 Å². The van der Waals surface area contributed by atoms with E-state index in [1.807, 2.05) is 38.4 Å². The number of fused-ring (bicyclic) bond motifs is 2. The van der Waals surface area contributed by atoms with Crippen LogP contribution in [0.15, 0.2) is 60.7 Å². The fourth-order valence-corrected chi connectivity index (χ4v) is 4.08. The molecule has 29 heavy (non-hydrogen) atoms. The van der Waals surface area contributed by atoms with Gasteiger partial charge in [0.15, 0.2) is 0 Å². The number of aromatic hydroxyl groups is 1. The third kappa shape index (κ3) is 4.35. The molecule has 5 nitrogen and oxygen atoms in total. The van der Waals surface area contributed by atoms with Gasteiger partial charge in [0.05, 0.1) is 0 Å². The lowest BCUT2D eigenvalue weighted by Gasteiger charge is -2.32. The van der Waals surface area contributed by atoms with Crippen LogP contribution in [-0.2, 0) is 19.5 Å². The summed E-state index contributed by atoms with van der Waals surface area (Å²) in [5, 5.41) is 15.5. The van der Waals surface area contributed by atoms with Crippen molar-refractivity contribution in [3.05, 3.63) is 77.4 Å². The topological polar surface area (TPSA) is 55.8 Å². The highest BCUT2D eigenvalue weighted by Gasteiger charge is 2.23. The molecular formula is C24H27N3O2. The van der Waals surface area contributed by atoms with Crippen molar-refractivity contribution in [2.45, 2.75) is 25.6 Å². The van der Waals surface area contributed by atoms with Crippen LogP contribution in [0.1, 0.15) is 16.7 Å². The molecule has 0 saturated heterocycles. The summed E-state index contributed by atoms with van der Waals surface area (Å²) in [7, 11) is 3.70. The maximum atomic E-state index is 12.9. The van der Waals surface area contributed by atoms with Crippen LogP contribution in [0.5, 0.6) is 5.75 Å². The standard InChI is InChI=1S/C24H27N3O2/c1-26(15-17-7-8-18-5-3-4-6-19(18)11-17)24(29)27(2)16-22-12-20-9-10-23(28)13-21(20)14-25-22/h3-11,13,22,25,28H,12,14-16H2,1-2H3/t22-/m0/s1. The molecule has 0 aliphatic carbocycles. The van der Waals surface area contributed by atoms with Crippen LogP contribution in [0.25, 0.3) is 10.8 Å². The Hall–Kier alpha value is -3.05. The highest BCUT2D eigenvalue weighted by atomic mass is 16.3. The predicted octanol–water partition coefficient (Wildman–Crippen LogP) is 3.74. The van der Waals surface area contributed by atoms with Crippen molar-refractivity contribution in [2.75, 3.05) is 20.6 Å². The van der Waals surface area contributed by atoms with E-state index in [4.69, 9.17) is 0 Å². The maximum absolute atomic E-state index is 12.9. The number of phenolic OH excluding ortho intramolecular Hbond substituents is 1. The number of urea groups is 1. The van der Waals surface area contributed by atoms with Crippen LogP contribution < -0.4 is 5.32 Å². The van der Waals surface area contributed by atoms with Crippen molar-refractivity contribution in [1.82, 2.24) is 15.1 Å². The summed E-state index contributed by atoms with van der Waals surface area (Å²) < 4.78 is 0. The number of amides is 2. The number of hydrogen-bond acceptors (Lipinski definition) is 3. The van der Waals surface area contributed by atoms with Gasteiger partial charge in [0.2, 0.25) is 0 Å². The number of hydrogen-bond donors (Lipinski definition) is 2. The lowest BCUT2D eigenvalue weighted by Crippen LogP contribution is -2.48. The fourth-order valence-electron chi connectivity index (χ4n) is 4.08. The van der Waals surface area contributed by atoms with Gasteiger partial charge in [-0.3, -0.25) is 0 Å². The summed E-state index contributed by atoms with van der Waals surface area (Å²) in [5.41, 5.74) is 3.48. The average molecular weight is 389 g/mol. The monoisotopic (exact) mass is 389 g/mol. The van der Waals surface area contributed by atoms with Gasteiger partial charge in [-0.2, -0.15) is 0 Å². The molecule has 0 radical (unpaired) electrons. The lowest BCUT2D eigenvalue weighted by atomic mass is 9.95. The second-order valence-electron chi connectivity index (χ2n) is 7.94. The first-order chi connectivity index (χ1) is 14.0. The molecule has 0 aromatic heterocycles. The molecule has 1 aliphatic heterocycles. The number of carbonyl (C=O) groups excluding carboxylic acids is 1. The van der Waals surface area contributed by atoms with Gasteiger partial charge in [0.25, 0.3) is 0 Å². The van der Waals surface area contributed by atoms with Crippen LogP contribution in [0.4, 0.5) is 4.79 Å². The SMILES string of the molecule is CN(Cc1ccc2ccccc2c1)C(=O)N(C)C[C@@H]1Cc2ccc(O)cc2CN1. The maximum Gasteiger partial charge on any atom is 0.319 e. The molecule has 2 amide bonds. The fraction of sp³-hybridized carbons (Fsp3) is 0.292. The Kier molecular flexibility index (Phi) is 5.41. The number of benzene rings is 3. The minimum absolute atomic E-state index is 0.0106. The molecule has 0 unspecified atom stereocenters. The molecule has 0 saturated carbocycles. The van der Waals surface area contributed by atoms with Crippen LogP contribution in [-0.4, -0.2) is 47.6 Å². The highest BCUT2D eigenvalue weighted by Crippen LogP contribution is 2.22. The van der Waals surface area contributed by atoms with Crippen LogP contribution in [0.3, 0.4) is 0 Å². The van der Waals surface area contributed by atoms with Gasteiger partial charge in [0, 0.05) is 39.8 Å². The predicted molar refractivity (Wildman–Crippen MR) is 116 cm³/mol. The number of rotatable bonds is 4.